The van der Waals surface area contributed by atoms with Gasteiger partial charge in [0.2, 0.25) is 0 Å². The summed E-state index contributed by atoms with van der Waals surface area (Å²) >= 11 is 1.12. The van der Waals surface area contributed by atoms with Gasteiger partial charge in [0.05, 0.1) is 6.07 Å². The van der Waals surface area contributed by atoms with E-state index in [4.69, 9.17) is 5.26 Å². The molecule has 76 valence electrons. The molecule has 0 saturated carbocycles. The number of aliphatic imine (C=N–C) groups is 1. The van der Waals surface area contributed by atoms with Crippen molar-refractivity contribution >= 4 is 23.2 Å². The van der Waals surface area contributed by atoms with Crippen LogP contribution in [0.3, 0.4) is 0 Å². The average Bonchev–Trinajstić information content (AvgIpc) is 2.18. The number of benzene rings is 1. The molecule has 0 radical (unpaired) electrons. The predicted molar refractivity (Wildman–Crippen MR) is 54.4 cm³/mol. The van der Waals surface area contributed by atoms with Gasteiger partial charge in [-0.15, -0.1) is 0 Å². The summed E-state index contributed by atoms with van der Waals surface area (Å²) in [5.74, 6) is -1.33. The second-order valence-corrected chi connectivity index (χ2v) is 4.26. The van der Waals surface area contributed by atoms with Crippen LogP contribution < -0.4 is 0 Å². The Morgan fingerprint density at radius 2 is 2.20 bits per heavy atom. The highest BCUT2D eigenvalue weighted by atomic mass is 32.2. The molecule has 0 amide bonds. The van der Waals surface area contributed by atoms with Crippen LogP contribution in [0.4, 0.5) is 14.5 Å². The van der Waals surface area contributed by atoms with E-state index in [2.05, 4.69) is 4.99 Å². The van der Waals surface area contributed by atoms with Crippen LogP contribution in [0.2, 0.25) is 0 Å². The zero-order chi connectivity index (χ0) is 11.0. The number of hydrogen-bond donors (Lipinski definition) is 0. The Morgan fingerprint density at radius 3 is 2.87 bits per heavy atom. The molecule has 0 spiro atoms. The van der Waals surface area contributed by atoms with Gasteiger partial charge in [-0.3, -0.25) is 4.99 Å². The van der Waals surface area contributed by atoms with Crippen LogP contribution in [-0.2, 0) is 0 Å². The second kappa shape index (κ2) is 3.63. The van der Waals surface area contributed by atoms with Crippen molar-refractivity contribution in [2.75, 3.05) is 0 Å². The molecule has 0 fully saturated rings. The van der Waals surface area contributed by atoms with E-state index in [9.17, 15) is 8.78 Å². The minimum absolute atomic E-state index is 0.130. The maximum absolute atomic E-state index is 13.3. The Kier molecular flexibility index (Phi) is 2.45. The molecule has 2 nitrogen and oxygen atoms in total. The molecule has 1 heterocycles. The molecule has 0 aromatic heterocycles. The quantitative estimate of drug-likeness (QED) is 0.679. The lowest BCUT2D eigenvalue weighted by molar-refractivity contribution is 0.579. The van der Waals surface area contributed by atoms with Crippen LogP contribution in [0.1, 0.15) is 6.92 Å². The Labute approximate surface area is 89.6 Å². The predicted octanol–water partition coefficient (Wildman–Crippen LogP) is 3.06. The minimum Gasteiger partial charge on any atom is -0.252 e. The molecule has 1 aliphatic heterocycles. The van der Waals surface area contributed by atoms with Gasteiger partial charge < -0.3 is 0 Å². The molecule has 0 N–H and O–H groups in total. The van der Waals surface area contributed by atoms with Gasteiger partial charge in [0.25, 0.3) is 0 Å². The minimum atomic E-state index is -0.687. The Hall–Kier alpha value is -1.41. The van der Waals surface area contributed by atoms with Gasteiger partial charge in [0.1, 0.15) is 16.8 Å². The monoisotopic (exact) mass is 224 g/mol. The fourth-order valence-electron chi connectivity index (χ4n) is 1.31. The third-order valence-electron chi connectivity index (χ3n) is 2.02. The number of hydrogen-bond acceptors (Lipinski definition) is 3. The Bertz CT molecular complexity index is 491. The third kappa shape index (κ3) is 1.73. The summed E-state index contributed by atoms with van der Waals surface area (Å²) in [7, 11) is 0. The van der Waals surface area contributed by atoms with Gasteiger partial charge in [0.15, 0.2) is 5.82 Å². The first-order chi connectivity index (χ1) is 7.11. The summed E-state index contributed by atoms with van der Waals surface area (Å²) in [6, 6.07) is 4.01. The molecule has 1 aliphatic rings. The zero-order valence-corrected chi connectivity index (χ0v) is 8.61. The molecule has 5 heteroatoms. The van der Waals surface area contributed by atoms with E-state index in [-0.39, 0.29) is 5.69 Å². The molecule has 1 atom stereocenters. The van der Waals surface area contributed by atoms with Gasteiger partial charge in [-0.05, 0) is 13.0 Å². The number of thioether (sulfide) groups is 1. The highest BCUT2D eigenvalue weighted by Crippen LogP contribution is 2.39. The molecule has 15 heavy (non-hydrogen) atoms. The number of rotatable bonds is 0. The van der Waals surface area contributed by atoms with Crippen molar-refractivity contribution in [1.29, 1.82) is 5.26 Å². The lowest BCUT2D eigenvalue weighted by Crippen LogP contribution is -2.14. The van der Waals surface area contributed by atoms with Crippen LogP contribution >= 0.6 is 11.8 Å². The molecule has 0 aliphatic carbocycles. The van der Waals surface area contributed by atoms with Crippen molar-refractivity contribution in [1.82, 2.24) is 0 Å². The second-order valence-electron chi connectivity index (χ2n) is 3.11. The van der Waals surface area contributed by atoms with Crippen molar-refractivity contribution < 1.29 is 8.78 Å². The van der Waals surface area contributed by atoms with Crippen molar-refractivity contribution in [3.8, 4) is 6.07 Å². The van der Waals surface area contributed by atoms with E-state index in [0.717, 1.165) is 17.8 Å². The largest absolute Gasteiger partial charge is 0.252 e. The van der Waals surface area contributed by atoms with Gasteiger partial charge >= 0.3 is 0 Å². The van der Waals surface area contributed by atoms with Gasteiger partial charge in [-0.25, -0.2) is 8.78 Å². The molecule has 0 saturated heterocycles. The van der Waals surface area contributed by atoms with Crippen molar-refractivity contribution in [2.45, 2.75) is 17.1 Å². The summed E-state index contributed by atoms with van der Waals surface area (Å²) in [5, 5.41) is 8.33. The van der Waals surface area contributed by atoms with Crippen molar-refractivity contribution in [2.24, 2.45) is 4.99 Å². The van der Waals surface area contributed by atoms with Crippen molar-refractivity contribution in [3.63, 3.8) is 0 Å². The maximum atomic E-state index is 13.3. The SMILES string of the molecule is CC1=Nc2c(F)cc(F)cc2SC1C#N. The van der Waals surface area contributed by atoms with Crippen LogP contribution in [0.25, 0.3) is 0 Å². The van der Waals surface area contributed by atoms with E-state index in [1.807, 2.05) is 6.07 Å². The number of nitriles is 1. The van der Waals surface area contributed by atoms with Crippen LogP contribution in [0.15, 0.2) is 22.0 Å². The Morgan fingerprint density at radius 1 is 1.47 bits per heavy atom. The lowest BCUT2D eigenvalue weighted by Gasteiger charge is -2.17. The van der Waals surface area contributed by atoms with Crippen LogP contribution in [-0.4, -0.2) is 11.0 Å². The number of fused-ring (bicyclic) bond motifs is 1. The molecule has 1 aromatic rings. The first-order valence-electron chi connectivity index (χ1n) is 4.22. The van der Waals surface area contributed by atoms with Crippen LogP contribution in [0, 0.1) is 23.0 Å². The smallest absolute Gasteiger partial charge is 0.152 e. The summed E-state index contributed by atoms with van der Waals surface area (Å²) in [6.07, 6.45) is 0. The molecule has 1 unspecified atom stereocenters. The highest BCUT2D eigenvalue weighted by molar-refractivity contribution is 8.01. The summed E-state index contributed by atoms with van der Waals surface area (Å²) in [5.41, 5.74) is 0.672. The van der Waals surface area contributed by atoms with E-state index in [0.29, 0.717) is 10.6 Å². The summed E-state index contributed by atoms with van der Waals surface area (Å²) in [6.45, 7) is 1.66. The van der Waals surface area contributed by atoms with E-state index >= 15 is 0 Å². The molecular formula is C10H6F2N2S. The van der Waals surface area contributed by atoms with Gasteiger partial charge in [-0.2, -0.15) is 5.26 Å². The normalized spacial score (nSPS) is 19.1. The zero-order valence-electron chi connectivity index (χ0n) is 7.79. The average molecular weight is 224 g/mol. The third-order valence-corrected chi connectivity index (χ3v) is 3.27. The number of halogens is 2. The fraction of sp³-hybridized carbons (Fsp3) is 0.200. The van der Waals surface area contributed by atoms with Crippen molar-refractivity contribution in [3.05, 3.63) is 23.8 Å². The number of nitrogens with zero attached hydrogens (tertiary/aromatic N) is 2. The van der Waals surface area contributed by atoms with E-state index < -0.39 is 16.9 Å². The van der Waals surface area contributed by atoms with Crippen LogP contribution in [0.5, 0.6) is 0 Å². The van der Waals surface area contributed by atoms with Gasteiger partial charge in [-0.1, -0.05) is 11.8 Å². The first kappa shape index (κ1) is 10.1. The van der Waals surface area contributed by atoms with E-state index in [1.165, 1.54) is 6.07 Å². The first-order valence-corrected chi connectivity index (χ1v) is 5.10. The van der Waals surface area contributed by atoms with Gasteiger partial charge in [0, 0.05) is 16.7 Å². The molecule has 1 aromatic carbocycles. The summed E-state index contributed by atoms with van der Waals surface area (Å²) < 4.78 is 26.2. The maximum Gasteiger partial charge on any atom is 0.152 e. The molecule has 0 bridgehead atoms. The molecular weight excluding hydrogens is 218 g/mol. The molecule has 2 rings (SSSR count). The Balaban J connectivity index is 2.58. The lowest BCUT2D eigenvalue weighted by atomic mass is 10.2. The van der Waals surface area contributed by atoms with E-state index in [1.54, 1.807) is 6.92 Å². The summed E-state index contributed by atoms with van der Waals surface area (Å²) in [4.78, 5) is 4.35. The highest BCUT2D eigenvalue weighted by Gasteiger charge is 2.23. The topological polar surface area (TPSA) is 36.1 Å². The standard InChI is InChI=1S/C10H6F2N2S/c1-5-9(4-13)15-8-3-6(11)2-7(12)10(8)14-5/h2-3,9H,1H3. The fourth-order valence-corrected chi connectivity index (χ4v) is 2.27.